The minimum atomic E-state index is -0.628. The fraction of sp³-hybridized carbons (Fsp3) is 0.429. The smallest absolute Gasteiger partial charge is 0.324 e. The summed E-state index contributed by atoms with van der Waals surface area (Å²) >= 11 is 11.6. The quantitative estimate of drug-likeness (QED) is 0.643. The molecule has 0 aliphatic carbocycles. The summed E-state index contributed by atoms with van der Waals surface area (Å²) in [4.78, 5) is 26.7. The summed E-state index contributed by atoms with van der Waals surface area (Å²) in [5.74, 6) is 0.727. The molecule has 1 N–H and O–H groups in total. The van der Waals surface area contributed by atoms with E-state index in [4.69, 9.17) is 23.2 Å². The van der Waals surface area contributed by atoms with Gasteiger partial charge in [-0.15, -0.1) is 23.2 Å². The molecule has 114 valence electrons. The number of hydrogen-bond donors (Lipinski definition) is 1. The van der Waals surface area contributed by atoms with Gasteiger partial charge in [-0.2, -0.15) is 0 Å². The van der Waals surface area contributed by atoms with Gasteiger partial charge in [0.15, 0.2) is 0 Å². The molecule has 0 unspecified atom stereocenters. The van der Waals surface area contributed by atoms with Crippen molar-refractivity contribution in [1.29, 1.82) is 0 Å². The molecule has 1 aromatic rings. The number of carbonyl (C=O) groups is 2. The minimum Gasteiger partial charge on any atom is -0.369 e. The predicted molar refractivity (Wildman–Crippen MR) is 84.1 cm³/mol. The maximum absolute atomic E-state index is 12.0. The van der Waals surface area contributed by atoms with E-state index in [0.29, 0.717) is 24.8 Å². The fourth-order valence-corrected chi connectivity index (χ4v) is 2.68. The lowest BCUT2D eigenvalue weighted by molar-refractivity contribution is -0.126. The number of nitrogens with zero attached hydrogens (tertiary/aromatic N) is 2. The molecule has 2 rings (SSSR count). The second-order valence-corrected chi connectivity index (χ2v) is 5.50. The Balaban J connectivity index is 2.25. The van der Waals surface area contributed by atoms with Crippen molar-refractivity contribution in [2.75, 3.05) is 36.8 Å². The van der Waals surface area contributed by atoms with Crippen molar-refractivity contribution in [3.05, 3.63) is 29.8 Å². The van der Waals surface area contributed by atoms with E-state index in [2.05, 4.69) is 10.2 Å². The second kappa shape index (κ2) is 7.00. The summed E-state index contributed by atoms with van der Waals surface area (Å²) in [5, 5.41) is 2.67. The van der Waals surface area contributed by atoms with E-state index in [-0.39, 0.29) is 11.9 Å². The highest BCUT2D eigenvalue weighted by Gasteiger charge is 2.36. The first-order valence-electron chi connectivity index (χ1n) is 6.63. The first kappa shape index (κ1) is 15.9. The van der Waals surface area contributed by atoms with Crippen LogP contribution in [-0.4, -0.2) is 48.7 Å². The highest BCUT2D eigenvalue weighted by atomic mass is 35.5. The number of likely N-dealkylation sites (N-methyl/N-ethyl adjacent to an activating group) is 1. The Labute approximate surface area is 133 Å². The zero-order chi connectivity index (χ0) is 15.4. The third-order valence-electron chi connectivity index (χ3n) is 3.43. The highest BCUT2D eigenvalue weighted by molar-refractivity contribution is 6.18. The molecule has 1 aromatic carbocycles. The Morgan fingerprint density at radius 2 is 1.90 bits per heavy atom. The largest absolute Gasteiger partial charge is 0.369 e. The van der Waals surface area contributed by atoms with Crippen LogP contribution in [0.2, 0.25) is 0 Å². The number of nitrogens with one attached hydrogen (secondary N) is 1. The fourth-order valence-electron chi connectivity index (χ4n) is 2.28. The van der Waals surface area contributed by atoms with Crippen molar-refractivity contribution < 1.29 is 9.59 Å². The zero-order valence-corrected chi connectivity index (χ0v) is 13.2. The summed E-state index contributed by atoms with van der Waals surface area (Å²) in [5.41, 5.74) is 1.69. The normalized spacial score (nSPS) is 18.0. The van der Waals surface area contributed by atoms with Crippen LogP contribution in [-0.2, 0) is 4.79 Å². The van der Waals surface area contributed by atoms with E-state index in [9.17, 15) is 9.59 Å². The minimum absolute atomic E-state index is 0.251. The van der Waals surface area contributed by atoms with Crippen LogP contribution in [0.5, 0.6) is 0 Å². The van der Waals surface area contributed by atoms with Gasteiger partial charge in [-0.1, -0.05) is 12.1 Å². The van der Waals surface area contributed by atoms with Gasteiger partial charge < -0.3 is 10.2 Å². The topological polar surface area (TPSA) is 52.7 Å². The van der Waals surface area contributed by atoms with E-state index < -0.39 is 6.04 Å². The van der Waals surface area contributed by atoms with Gasteiger partial charge in [0, 0.05) is 37.6 Å². The first-order valence-corrected chi connectivity index (χ1v) is 7.70. The van der Waals surface area contributed by atoms with Crippen LogP contribution in [0.15, 0.2) is 24.3 Å². The number of anilines is 1. The van der Waals surface area contributed by atoms with Gasteiger partial charge in [-0.05, 0) is 17.7 Å². The third-order valence-corrected chi connectivity index (χ3v) is 3.77. The van der Waals surface area contributed by atoms with Crippen molar-refractivity contribution in [3.8, 4) is 0 Å². The molecule has 0 aromatic heterocycles. The molecule has 1 saturated heterocycles. The van der Waals surface area contributed by atoms with E-state index >= 15 is 0 Å². The Morgan fingerprint density at radius 1 is 1.24 bits per heavy atom. The van der Waals surface area contributed by atoms with Gasteiger partial charge in [0.1, 0.15) is 6.04 Å². The molecule has 0 bridgehead atoms. The van der Waals surface area contributed by atoms with Crippen LogP contribution in [0.1, 0.15) is 11.6 Å². The molecule has 7 heteroatoms. The number of imide groups is 1. The summed E-state index contributed by atoms with van der Waals surface area (Å²) in [7, 11) is 1.47. The van der Waals surface area contributed by atoms with Crippen molar-refractivity contribution in [1.82, 2.24) is 10.2 Å². The third kappa shape index (κ3) is 3.41. The number of alkyl halides is 2. The summed E-state index contributed by atoms with van der Waals surface area (Å²) < 4.78 is 0. The van der Waals surface area contributed by atoms with Crippen LogP contribution in [0.3, 0.4) is 0 Å². The molecule has 3 amide bonds. The van der Waals surface area contributed by atoms with Crippen LogP contribution in [0, 0.1) is 0 Å². The van der Waals surface area contributed by atoms with Gasteiger partial charge in [-0.25, -0.2) is 4.79 Å². The Morgan fingerprint density at radius 3 is 2.43 bits per heavy atom. The van der Waals surface area contributed by atoms with E-state index in [1.54, 1.807) is 0 Å². The molecule has 1 fully saturated rings. The molecule has 1 atom stereocenters. The van der Waals surface area contributed by atoms with Crippen LogP contribution >= 0.6 is 23.2 Å². The van der Waals surface area contributed by atoms with Crippen molar-refractivity contribution in [2.24, 2.45) is 0 Å². The predicted octanol–water partition coefficient (Wildman–Crippen LogP) is 2.19. The lowest BCUT2D eigenvalue weighted by atomic mass is 10.1. The Bertz CT molecular complexity index is 533. The van der Waals surface area contributed by atoms with Crippen molar-refractivity contribution in [2.45, 2.75) is 6.04 Å². The van der Waals surface area contributed by atoms with Gasteiger partial charge in [-0.3, -0.25) is 9.69 Å². The Hall–Kier alpha value is -1.46. The molecular formula is C14H17Cl2N3O2. The van der Waals surface area contributed by atoms with Gasteiger partial charge in [0.05, 0.1) is 0 Å². The molecule has 1 aliphatic heterocycles. The average Bonchev–Trinajstić information content (AvgIpc) is 2.75. The second-order valence-electron chi connectivity index (χ2n) is 4.74. The van der Waals surface area contributed by atoms with Gasteiger partial charge in [0.25, 0.3) is 5.91 Å². The van der Waals surface area contributed by atoms with Crippen molar-refractivity contribution >= 4 is 40.8 Å². The maximum Gasteiger partial charge on any atom is 0.324 e. The zero-order valence-electron chi connectivity index (χ0n) is 11.7. The summed E-state index contributed by atoms with van der Waals surface area (Å²) in [6.07, 6.45) is 0. The van der Waals surface area contributed by atoms with Gasteiger partial charge in [0.2, 0.25) is 0 Å². The number of urea groups is 1. The number of amides is 3. The average molecular weight is 330 g/mol. The molecular weight excluding hydrogens is 313 g/mol. The van der Waals surface area contributed by atoms with Crippen LogP contribution in [0.25, 0.3) is 0 Å². The molecule has 0 spiro atoms. The molecule has 21 heavy (non-hydrogen) atoms. The maximum atomic E-state index is 12.0. The van der Waals surface area contributed by atoms with Crippen LogP contribution < -0.4 is 10.2 Å². The van der Waals surface area contributed by atoms with E-state index in [1.807, 2.05) is 24.3 Å². The summed E-state index contributed by atoms with van der Waals surface area (Å²) in [6, 6.07) is 6.50. The van der Waals surface area contributed by atoms with E-state index in [0.717, 1.165) is 16.2 Å². The lowest BCUT2D eigenvalue weighted by Crippen LogP contribution is -2.28. The van der Waals surface area contributed by atoms with E-state index in [1.165, 1.54) is 7.05 Å². The lowest BCUT2D eigenvalue weighted by Gasteiger charge is -2.24. The molecule has 1 heterocycles. The van der Waals surface area contributed by atoms with Gasteiger partial charge >= 0.3 is 6.03 Å². The summed E-state index contributed by atoms with van der Waals surface area (Å²) in [6.45, 7) is 1.34. The molecule has 0 radical (unpaired) electrons. The SMILES string of the molecule is CN1C(=O)N[C@H](c2cccc(N(CCCl)CCCl)c2)C1=O. The number of rotatable bonds is 6. The Kier molecular flexibility index (Phi) is 5.31. The number of carbonyl (C=O) groups excluding carboxylic acids is 2. The number of benzene rings is 1. The number of halogens is 2. The standard InChI is InChI=1S/C14H17Cl2N3O2/c1-18-13(20)12(17-14(18)21)10-3-2-4-11(9-10)19(7-5-15)8-6-16/h2-4,9,12H,5-8H2,1H3,(H,17,21)/t12-/m1/s1. The van der Waals surface area contributed by atoms with Crippen molar-refractivity contribution in [3.63, 3.8) is 0 Å². The number of hydrogen-bond acceptors (Lipinski definition) is 3. The highest BCUT2D eigenvalue weighted by Crippen LogP contribution is 2.25. The molecule has 1 aliphatic rings. The first-order chi connectivity index (χ1) is 10.1. The van der Waals surface area contributed by atoms with Crippen LogP contribution in [0.4, 0.5) is 10.5 Å². The molecule has 0 saturated carbocycles. The molecule has 5 nitrogen and oxygen atoms in total. The monoisotopic (exact) mass is 329 g/mol.